The van der Waals surface area contributed by atoms with Gasteiger partial charge in [-0.05, 0) is 61.7 Å². The quantitative estimate of drug-likeness (QED) is 0.664. The zero-order valence-corrected chi connectivity index (χ0v) is 16.7. The number of anilines is 1. The van der Waals surface area contributed by atoms with Crippen molar-refractivity contribution >= 4 is 22.5 Å². The smallest absolute Gasteiger partial charge is 0.231 e. The molecular weight excluding hydrogens is 368 g/mol. The molecule has 3 aromatic rings. The van der Waals surface area contributed by atoms with Crippen LogP contribution in [0.25, 0.3) is 22.2 Å². The molecule has 1 fully saturated rings. The Hall–Kier alpha value is -3.28. The molecule has 3 heterocycles. The van der Waals surface area contributed by atoms with E-state index >= 15 is 0 Å². The van der Waals surface area contributed by atoms with E-state index in [-0.39, 0.29) is 12.7 Å². The Bertz CT molecular complexity index is 1160. The van der Waals surface area contributed by atoms with E-state index in [1.807, 2.05) is 23.1 Å². The number of amides is 1. The summed E-state index contributed by atoms with van der Waals surface area (Å²) in [5, 5.41) is 1.09. The number of fused-ring (bicyclic) bond motifs is 2. The number of hydrogen-bond acceptors (Lipinski definition) is 5. The molecule has 0 N–H and O–H groups in total. The summed E-state index contributed by atoms with van der Waals surface area (Å²) in [6.07, 6.45) is 1.51. The van der Waals surface area contributed by atoms with Gasteiger partial charge in [0.25, 0.3) is 0 Å². The Morgan fingerprint density at radius 2 is 1.93 bits per heavy atom. The monoisotopic (exact) mass is 390 g/mol. The zero-order chi connectivity index (χ0) is 20.1. The summed E-state index contributed by atoms with van der Waals surface area (Å²) in [4.78, 5) is 19.1. The van der Waals surface area contributed by atoms with Crippen LogP contribution in [0.1, 0.15) is 24.0 Å². The zero-order valence-electron chi connectivity index (χ0n) is 16.7. The van der Waals surface area contributed by atoms with E-state index in [1.165, 1.54) is 0 Å². The van der Waals surface area contributed by atoms with Crippen LogP contribution >= 0.6 is 0 Å². The highest BCUT2D eigenvalue weighted by Gasteiger charge is 2.24. The summed E-state index contributed by atoms with van der Waals surface area (Å²) >= 11 is 0. The van der Waals surface area contributed by atoms with Gasteiger partial charge in [-0.2, -0.15) is 0 Å². The van der Waals surface area contributed by atoms with Gasteiger partial charge in [-0.15, -0.1) is 0 Å². The Kier molecular flexibility index (Phi) is 4.08. The van der Waals surface area contributed by atoms with E-state index in [9.17, 15) is 4.79 Å². The summed E-state index contributed by atoms with van der Waals surface area (Å²) < 4.78 is 16.5. The number of pyridine rings is 1. The SMILES string of the molecule is COc1cc(-c2cc(C)c3cc(C)c(N4CCCC4=O)cc3n2)cc2c1OCO2. The molecule has 0 spiro atoms. The van der Waals surface area contributed by atoms with Crippen molar-refractivity contribution in [2.75, 3.05) is 25.3 Å². The first-order valence-electron chi connectivity index (χ1n) is 9.75. The lowest BCUT2D eigenvalue weighted by molar-refractivity contribution is -0.117. The molecule has 0 unspecified atom stereocenters. The van der Waals surface area contributed by atoms with Crippen molar-refractivity contribution in [3.63, 3.8) is 0 Å². The van der Waals surface area contributed by atoms with Gasteiger partial charge in [-0.3, -0.25) is 4.79 Å². The van der Waals surface area contributed by atoms with Crippen LogP contribution in [0.5, 0.6) is 17.2 Å². The number of carbonyl (C=O) groups is 1. The summed E-state index contributed by atoms with van der Waals surface area (Å²) in [5.41, 5.74) is 5.77. The van der Waals surface area contributed by atoms with Gasteiger partial charge in [-0.1, -0.05) is 0 Å². The fourth-order valence-electron chi connectivity index (χ4n) is 4.16. The average molecular weight is 390 g/mol. The predicted molar refractivity (Wildman–Crippen MR) is 111 cm³/mol. The minimum absolute atomic E-state index is 0.181. The Morgan fingerprint density at radius 3 is 2.69 bits per heavy atom. The molecule has 148 valence electrons. The molecule has 0 radical (unpaired) electrons. The van der Waals surface area contributed by atoms with Crippen molar-refractivity contribution in [3.8, 4) is 28.5 Å². The molecule has 2 aromatic carbocycles. The molecule has 2 aliphatic rings. The van der Waals surface area contributed by atoms with Crippen molar-refractivity contribution < 1.29 is 19.0 Å². The second-order valence-corrected chi connectivity index (χ2v) is 7.54. The van der Waals surface area contributed by atoms with Gasteiger partial charge in [0.2, 0.25) is 18.4 Å². The fraction of sp³-hybridized carbons (Fsp3) is 0.304. The van der Waals surface area contributed by atoms with Gasteiger partial charge in [0.1, 0.15) is 0 Å². The maximum absolute atomic E-state index is 12.3. The van der Waals surface area contributed by atoms with Gasteiger partial charge in [0, 0.05) is 29.6 Å². The van der Waals surface area contributed by atoms with Crippen LogP contribution in [0.3, 0.4) is 0 Å². The van der Waals surface area contributed by atoms with Crippen molar-refractivity contribution in [2.45, 2.75) is 26.7 Å². The summed E-state index contributed by atoms with van der Waals surface area (Å²) in [6, 6.07) is 10.1. The third kappa shape index (κ3) is 2.87. The number of aromatic nitrogens is 1. The largest absolute Gasteiger partial charge is 0.493 e. The van der Waals surface area contributed by atoms with Crippen LogP contribution in [-0.2, 0) is 4.79 Å². The van der Waals surface area contributed by atoms with Crippen molar-refractivity contribution in [3.05, 3.63) is 41.5 Å². The molecule has 6 heteroatoms. The Balaban J connectivity index is 1.66. The molecule has 5 rings (SSSR count). The highest BCUT2D eigenvalue weighted by atomic mass is 16.7. The first-order valence-corrected chi connectivity index (χ1v) is 9.75. The van der Waals surface area contributed by atoms with Gasteiger partial charge in [0.15, 0.2) is 11.5 Å². The molecule has 2 aliphatic heterocycles. The van der Waals surface area contributed by atoms with Crippen LogP contribution < -0.4 is 19.1 Å². The van der Waals surface area contributed by atoms with Crippen molar-refractivity contribution in [1.29, 1.82) is 0 Å². The van der Waals surface area contributed by atoms with Crippen LogP contribution in [0.15, 0.2) is 30.3 Å². The van der Waals surface area contributed by atoms with Crippen LogP contribution in [0.4, 0.5) is 5.69 Å². The topological polar surface area (TPSA) is 60.9 Å². The maximum Gasteiger partial charge on any atom is 0.231 e. The van der Waals surface area contributed by atoms with Gasteiger partial charge in [0.05, 0.1) is 18.3 Å². The summed E-state index contributed by atoms with van der Waals surface area (Å²) in [5.74, 6) is 2.09. The van der Waals surface area contributed by atoms with Crippen molar-refractivity contribution in [2.24, 2.45) is 0 Å². The van der Waals surface area contributed by atoms with Gasteiger partial charge >= 0.3 is 0 Å². The average Bonchev–Trinajstić information content (AvgIpc) is 3.36. The number of benzene rings is 2. The lowest BCUT2D eigenvalue weighted by Gasteiger charge is -2.19. The molecule has 29 heavy (non-hydrogen) atoms. The van der Waals surface area contributed by atoms with Gasteiger partial charge in [-0.25, -0.2) is 4.98 Å². The van der Waals surface area contributed by atoms with Gasteiger partial charge < -0.3 is 19.1 Å². The number of ether oxygens (including phenoxy) is 3. The van der Waals surface area contributed by atoms with E-state index in [1.54, 1.807) is 7.11 Å². The Morgan fingerprint density at radius 1 is 1.07 bits per heavy atom. The maximum atomic E-state index is 12.3. The van der Waals surface area contributed by atoms with Crippen LogP contribution in [-0.4, -0.2) is 31.3 Å². The first-order chi connectivity index (χ1) is 14.0. The minimum atomic E-state index is 0.181. The molecule has 1 amide bonds. The highest BCUT2D eigenvalue weighted by Crippen LogP contribution is 2.44. The van der Waals surface area contributed by atoms with E-state index in [4.69, 9.17) is 19.2 Å². The normalized spacial score (nSPS) is 15.4. The van der Waals surface area contributed by atoms with E-state index in [0.717, 1.165) is 51.9 Å². The fourth-order valence-corrected chi connectivity index (χ4v) is 4.16. The Labute approximate surface area is 169 Å². The van der Waals surface area contributed by atoms with E-state index in [2.05, 4.69) is 26.0 Å². The lowest BCUT2D eigenvalue weighted by Crippen LogP contribution is -2.24. The predicted octanol–water partition coefficient (Wildman–Crippen LogP) is 4.38. The standard InChI is InChI=1S/C23H22N2O4/c1-13-8-17(15-9-20(27-3)23-21(10-15)28-12-29-23)24-18-11-19(14(2)7-16(13)18)25-6-4-5-22(25)26/h7-11H,4-6,12H2,1-3H3. The second kappa shape index (κ2) is 6.65. The summed E-state index contributed by atoms with van der Waals surface area (Å²) in [6.45, 7) is 5.09. The number of carbonyl (C=O) groups excluding carboxylic acids is 1. The molecule has 1 aromatic heterocycles. The number of hydrogen-bond donors (Lipinski definition) is 0. The van der Waals surface area contributed by atoms with E-state index in [0.29, 0.717) is 23.7 Å². The van der Waals surface area contributed by atoms with Crippen LogP contribution in [0.2, 0.25) is 0 Å². The first kappa shape index (κ1) is 17.8. The molecule has 0 atom stereocenters. The number of nitrogens with zero attached hydrogens (tertiary/aromatic N) is 2. The number of methoxy groups -OCH3 is 1. The highest BCUT2D eigenvalue weighted by molar-refractivity contribution is 5.99. The molecule has 0 bridgehead atoms. The number of rotatable bonds is 3. The number of aryl methyl sites for hydroxylation is 2. The molecule has 0 aliphatic carbocycles. The van der Waals surface area contributed by atoms with Crippen molar-refractivity contribution in [1.82, 2.24) is 4.98 Å². The minimum Gasteiger partial charge on any atom is -0.493 e. The third-order valence-electron chi connectivity index (χ3n) is 5.65. The van der Waals surface area contributed by atoms with E-state index < -0.39 is 0 Å². The molecule has 6 nitrogen and oxygen atoms in total. The molecule has 1 saturated heterocycles. The molecular formula is C23H22N2O4. The summed E-state index contributed by atoms with van der Waals surface area (Å²) in [7, 11) is 1.61. The third-order valence-corrected chi connectivity index (χ3v) is 5.65. The van der Waals surface area contributed by atoms with Crippen LogP contribution in [0, 0.1) is 13.8 Å². The molecule has 0 saturated carbocycles. The second-order valence-electron chi connectivity index (χ2n) is 7.54. The lowest BCUT2D eigenvalue weighted by atomic mass is 10.0.